The second-order valence-electron chi connectivity index (χ2n) is 12.3. The van der Waals surface area contributed by atoms with Crippen molar-refractivity contribution in [2.45, 2.75) is 104 Å². The van der Waals surface area contributed by atoms with Crippen LogP contribution in [0.2, 0.25) is 19.6 Å². The van der Waals surface area contributed by atoms with E-state index in [-0.39, 0.29) is 0 Å². The summed E-state index contributed by atoms with van der Waals surface area (Å²) in [6.45, 7) is 14.6. The maximum atomic E-state index is 7.09. The zero-order valence-corrected chi connectivity index (χ0v) is 21.1. The normalized spacial score (nSPS) is 47.9. The van der Waals surface area contributed by atoms with Crippen molar-refractivity contribution < 1.29 is 9.26 Å². The van der Waals surface area contributed by atoms with Crippen LogP contribution in [0.5, 0.6) is 0 Å². The molecule has 0 N–H and O–H groups in total. The molecule has 0 amide bonds. The van der Waals surface area contributed by atoms with Gasteiger partial charge in [-0.05, 0) is 106 Å². The summed E-state index contributed by atoms with van der Waals surface area (Å²) in [6, 6.07) is 0. The summed E-state index contributed by atoms with van der Waals surface area (Å²) in [4.78, 5) is 5.21. The quantitative estimate of drug-likeness (QED) is 0.282. The predicted molar refractivity (Wildman–Crippen MR) is 124 cm³/mol. The maximum Gasteiger partial charge on any atom is 0.184 e. The third kappa shape index (κ3) is 3.64. The lowest BCUT2D eigenvalue weighted by molar-refractivity contribution is -0.160. The molecule has 4 saturated carbocycles. The molecule has 3 nitrogen and oxygen atoms in total. The monoisotopic (exact) mass is 419 g/mol. The molecule has 0 radical (unpaired) electrons. The molecule has 8 atom stereocenters. The Kier molecular flexibility index (Phi) is 5.77. The Morgan fingerprint density at radius 1 is 0.966 bits per heavy atom. The molecule has 29 heavy (non-hydrogen) atoms. The van der Waals surface area contributed by atoms with Gasteiger partial charge < -0.3 is 9.26 Å². The van der Waals surface area contributed by atoms with Gasteiger partial charge in [0.15, 0.2) is 8.32 Å². The predicted octanol–water partition coefficient (Wildman–Crippen LogP) is 6.89. The summed E-state index contributed by atoms with van der Waals surface area (Å²) in [5.41, 5.74) is 2.02. The van der Waals surface area contributed by atoms with Gasteiger partial charge in [-0.2, -0.15) is 0 Å². The van der Waals surface area contributed by atoms with E-state index in [1.54, 1.807) is 7.11 Å². The highest BCUT2D eigenvalue weighted by molar-refractivity contribution is 6.69. The molecule has 0 spiro atoms. The van der Waals surface area contributed by atoms with Gasteiger partial charge in [-0.15, -0.1) is 0 Å². The fourth-order valence-electron chi connectivity index (χ4n) is 8.84. The third-order valence-corrected chi connectivity index (χ3v) is 10.7. The lowest BCUT2D eigenvalue weighted by Crippen LogP contribution is -2.60. The zero-order valence-electron chi connectivity index (χ0n) is 20.1. The smallest absolute Gasteiger partial charge is 0.184 e. The van der Waals surface area contributed by atoms with Crippen molar-refractivity contribution in [1.29, 1.82) is 0 Å². The Balaban J connectivity index is 1.73. The minimum atomic E-state index is -1.61. The minimum Gasteiger partial charge on any atom is -0.414 e. The van der Waals surface area contributed by atoms with Crippen molar-refractivity contribution in [3.63, 3.8) is 0 Å². The van der Waals surface area contributed by atoms with Crippen LogP contribution >= 0.6 is 0 Å². The van der Waals surface area contributed by atoms with Gasteiger partial charge in [-0.1, -0.05) is 31.8 Å². The van der Waals surface area contributed by atoms with Gasteiger partial charge in [-0.25, -0.2) is 0 Å². The van der Waals surface area contributed by atoms with E-state index in [2.05, 4.69) is 45.6 Å². The number of oxime groups is 1. The van der Waals surface area contributed by atoms with Crippen LogP contribution in [0.1, 0.15) is 78.6 Å². The fraction of sp³-hybridized carbons (Fsp3) is 0.960. The van der Waals surface area contributed by atoms with E-state index in [1.807, 2.05) is 0 Å². The number of fused-ring (bicyclic) bond motifs is 5. The van der Waals surface area contributed by atoms with Crippen molar-refractivity contribution in [3.8, 4) is 0 Å². The molecule has 0 heterocycles. The van der Waals surface area contributed by atoms with Crippen LogP contribution in [0, 0.1) is 40.4 Å². The Hall–Kier alpha value is -0.353. The largest absolute Gasteiger partial charge is 0.414 e. The van der Waals surface area contributed by atoms with Crippen molar-refractivity contribution in [3.05, 3.63) is 0 Å². The number of hydrogen-bond acceptors (Lipinski definition) is 3. The van der Waals surface area contributed by atoms with Crippen LogP contribution in [0.3, 0.4) is 0 Å². The molecule has 0 aliphatic heterocycles. The lowest BCUT2D eigenvalue weighted by Gasteiger charge is -2.63. The average Bonchev–Trinajstić information content (AvgIpc) is 2.96. The van der Waals surface area contributed by atoms with Crippen molar-refractivity contribution in [1.82, 2.24) is 0 Å². The summed E-state index contributed by atoms with van der Waals surface area (Å²) in [5.74, 6) is 3.93. The van der Waals surface area contributed by atoms with Gasteiger partial charge >= 0.3 is 0 Å². The highest BCUT2D eigenvalue weighted by Crippen LogP contribution is 2.68. The SMILES string of the molecule is CON=C(C)[C@H]1CCC2C3CC[C@H]4CCCC[C@]4(C)C3[C@@H](O[Si](C)(C)C)C[C@@]21C. The number of hydrogen-bond donors (Lipinski definition) is 0. The van der Waals surface area contributed by atoms with Gasteiger partial charge in [-0.3, -0.25) is 0 Å². The van der Waals surface area contributed by atoms with Crippen LogP contribution in [-0.4, -0.2) is 27.2 Å². The highest BCUT2D eigenvalue weighted by Gasteiger charge is 2.63. The zero-order chi connectivity index (χ0) is 21.0. The first kappa shape index (κ1) is 21.9. The third-order valence-electron chi connectivity index (χ3n) is 9.73. The van der Waals surface area contributed by atoms with Crippen molar-refractivity contribution in [2.75, 3.05) is 7.11 Å². The van der Waals surface area contributed by atoms with E-state index in [1.165, 1.54) is 63.5 Å². The van der Waals surface area contributed by atoms with Gasteiger partial charge in [0.2, 0.25) is 0 Å². The molecule has 0 saturated heterocycles. The van der Waals surface area contributed by atoms with E-state index in [0.717, 1.165) is 23.7 Å². The van der Waals surface area contributed by atoms with E-state index in [4.69, 9.17) is 9.26 Å². The van der Waals surface area contributed by atoms with Crippen LogP contribution < -0.4 is 0 Å². The molecule has 166 valence electrons. The highest BCUT2D eigenvalue weighted by atomic mass is 28.4. The van der Waals surface area contributed by atoms with Crippen molar-refractivity contribution in [2.24, 2.45) is 45.6 Å². The second-order valence-corrected chi connectivity index (χ2v) is 16.8. The van der Waals surface area contributed by atoms with Crippen molar-refractivity contribution >= 4 is 14.0 Å². The van der Waals surface area contributed by atoms with Gasteiger partial charge in [0.05, 0.1) is 5.71 Å². The molecule has 4 rings (SSSR count). The maximum absolute atomic E-state index is 7.09. The van der Waals surface area contributed by atoms with E-state index >= 15 is 0 Å². The molecule has 0 bridgehead atoms. The van der Waals surface area contributed by atoms with E-state index in [0.29, 0.717) is 22.9 Å². The molecule has 0 aromatic rings. The van der Waals surface area contributed by atoms with Crippen LogP contribution in [0.25, 0.3) is 0 Å². The first-order valence-electron chi connectivity index (χ1n) is 12.4. The van der Waals surface area contributed by atoms with Crippen LogP contribution in [0.4, 0.5) is 0 Å². The Labute approximate surface area is 180 Å². The molecule has 0 aromatic heterocycles. The fourth-order valence-corrected chi connectivity index (χ4v) is 9.98. The lowest BCUT2D eigenvalue weighted by atomic mass is 9.44. The molecular formula is C25H45NO2Si. The molecule has 4 aliphatic carbocycles. The molecule has 4 heteroatoms. The first-order chi connectivity index (χ1) is 13.6. The number of rotatable bonds is 4. The van der Waals surface area contributed by atoms with Crippen LogP contribution in [0.15, 0.2) is 5.16 Å². The number of nitrogens with zero attached hydrogens (tertiary/aromatic N) is 1. The van der Waals surface area contributed by atoms with Gasteiger partial charge in [0, 0.05) is 12.0 Å². The first-order valence-corrected chi connectivity index (χ1v) is 15.8. The minimum absolute atomic E-state index is 0.315. The van der Waals surface area contributed by atoms with E-state index < -0.39 is 8.32 Å². The molecule has 4 fully saturated rings. The molecule has 3 unspecified atom stereocenters. The standard InChI is InChI=1S/C25H45NO2Si/c1-17(26-27-4)20-13-14-21-19-12-11-18-10-8-9-15-24(18,2)23(19)22(16-25(20,21)3)28-29(5,6)7/h18-23H,8-16H2,1-7H3/t18-,19?,20-,21?,22+,23?,24+,25-/m1/s1. The molecule has 4 aliphatic rings. The van der Waals surface area contributed by atoms with E-state index in [9.17, 15) is 0 Å². The Bertz CT molecular complexity index is 643. The Morgan fingerprint density at radius 3 is 2.41 bits per heavy atom. The summed E-state index contributed by atoms with van der Waals surface area (Å²) in [7, 11) is 0.0853. The molecule has 0 aromatic carbocycles. The summed E-state index contributed by atoms with van der Waals surface area (Å²) < 4.78 is 7.09. The summed E-state index contributed by atoms with van der Waals surface area (Å²) >= 11 is 0. The van der Waals surface area contributed by atoms with Gasteiger partial charge in [0.25, 0.3) is 0 Å². The average molecular weight is 420 g/mol. The molecular weight excluding hydrogens is 374 g/mol. The summed E-state index contributed by atoms with van der Waals surface area (Å²) in [5, 5.41) is 4.41. The van der Waals surface area contributed by atoms with Gasteiger partial charge in [0.1, 0.15) is 7.11 Å². The Morgan fingerprint density at radius 2 is 1.72 bits per heavy atom. The van der Waals surface area contributed by atoms with Crippen LogP contribution in [-0.2, 0) is 9.26 Å². The topological polar surface area (TPSA) is 30.8 Å². The second kappa shape index (κ2) is 7.65. The summed E-state index contributed by atoms with van der Waals surface area (Å²) in [6.07, 6.45) is 13.0.